The van der Waals surface area contributed by atoms with Crippen LogP contribution in [0.3, 0.4) is 0 Å². The zero-order valence-corrected chi connectivity index (χ0v) is 8.13. The van der Waals surface area contributed by atoms with Crippen LogP contribution in [0.1, 0.15) is 19.3 Å². The van der Waals surface area contributed by atoms with Gasteiger partial charge in [0.05, 0.1) is 17.4 Å². The number of nitrogens with zero attached hydrogens (tertiary/aromatic N) is 2. The molecule has 0 radical (unpaired) electrons. The molecule has 0 heterocycles. The van der Waals surface area contributed by atoms with E-state index in [0.29, 0.717) is 12.8 Å². The van der Waals surface area contributed by atoms with Gasteiger partial charge in [0.1, 0.15) is 15.3 Å². The lowest BCUT2D eigenvalue weighted by molar-refractivity contribution is 0.539. The van der Waals surface area contributed by atoms with Crippen molar-refractivity contribution < 1.29 is 8.42 Å². The van der Waals surface area contributed by atoms with Crippen LogP contribution in [-0.2, 0) is 9.84 Å². The van der Waals surface area contributed by atoms with Gasteiger partial charge >= 0.3 is 0 Å². The Hall–Kier alpha value is -1.07. The highest BCUT2D eigenvalue weighted by Crippen LogP contribution is 2.39. The Morgan fingerprint density at radius 3 is 2.15 bits per heavy atom. The molecule has 0 bridgehead atoms. The van der Waals surface area contributed by atoms with Gasteiger partial charge in [0.15, 0.2) is 0 Å². The summed E-state index contributed by atoms with van der Waals surface area (Å²) in [6.07, 6.45) is 2.12. The van der Waals surface area contributed by atoms with Crippen LogP contribution in [0.4, 0.5) is 0 Å². The second-order valence-electron chi connectivity index (χ2n) is 3.50. The van der Waals surface area contributed by atoms with Crippen molar-refractivity contribution >= 4 is 9.84 Å². The third-order valence-electron chi connectivity index (χ3n) is 2.50. The highest BCUT2D eigenvalue weighted by molar-refractivity contribution is 7.91. The van der Waals surface area contributed by atoms with Gasteiger partial charge in [0.2, 0.25) is 0 Å². The van der Waals surface area contributed by atoms with E-state index in [1.165, 1.54) is 0 Å². The quantitative estimate of drug-likeness (QED) is 0.618. The van der Waals surface area contributed by atoms with Crippen molar-refractivity contribution in [2.75, 3.05) is 6.26 Å². The SMILES string of the molecule is CS(=O)(=O)[C@@H]1CCC(C#N)(C#N)C1. The van der Waals surface area contributed by atoms with Crippen LogP contribution < -0.4 is 0 Å². The van der Waals surface area contributed by atoms with Gasteiger partial charge in [-0.15, -0.1) is 0 Å². The van der Waals surface area contributed by atoms with E-state index in [0.717, 1.165) is 6.26 Å². The summed E-state index contributed by atoms with van der Waals surface area (Å²) in [5, 5.41) is 17.0. The molecule has 0 spiro atoms. The van der Waals surface area contributed by atoms with E-state index in [4.69, 9.17) is 10.5 Å². The summed E-state index contributed by atoms with van der Waals surface area (Å²) in [7, 11) is -3.10. The van der Waals surface area contributed by atoms with Crippen molar-refractivity contribution in [1.82, 2.24) is 0 Å². The molecule has 0 aromatic carbocycles. The van der Waals surface area contributed by atoms with E-state index in [-0.39, 0.29) is 6.42 Å². The Kier molecular flexibility index (Phi) is 2.32. The lowest BCUT2D eigenvalue weighted by Crippen LogP contribution is -2.19. The zero-order chi connectivity index (χ0) is 10.1. The second-order valence-corrected chi connectivity index (χ2v) is 5.83. The van der Waals surface area contributed by atoms with Gasteiger partial charge in [-0.25, -0.2) is 8.42 Å². The first kappa shape index (κ1) is 10.0. The van der Waals surface area contributed by atoms with Crippen molar-refractivity contribution in [2.45, 2.75) is 24.5 Å². The molecule has 1 rings (SSSR count). The molecule has 0 N–H and O–H groups in total. The van der Waals surface area contributed by atoms with Gasteiger partial charge in [-0.05, 0) is 19.3 Å². The van der Waals surface area contributed by atoms with Gasteiger partial charge < -0.3 is 0 Å². The fraction of sp³-hybridized carbons (Fsp3) is 0.750. The average molecular weight is 198 g/mol. The molecule has 5 heteroatoms. The number of sulfone groups is 1. The standard InChI is InChI=1S/C8H10N2O2S/c1-13(11,12)7-2-3-8(4-7,5-9)6-10/h7H,2-4H2,1H3/t7-/m1/s1. The molecule has 4 nitrogen and oxygen atoms in total. The molecule has 1 fully saturated rings. The molecular weight excluding hydrogens is 188 g/mol. The minimum atomic E-state index is -3.10. The predicted octanol–water partition coefficient (Wildman–Crippen LogP) is 0.617. The third kappa shape index (κ3) is 1.81. The summed E-state index contributed by atoms with van der Waals surface area (Å²) in [6.45, 7) is 0. The molecule has 0 unspecified atom stereocenters. The molecule has 0 amide bonds. The van der Waals surface area contributed by atoms with Crippen LogP contribution in [-0.4, -0.2) is 19.9 Å². The molecule has 70 valence electrons. The second kappa shape index (κ2) is 3.01. The Morgan fingerprint density at radius 1 is 1.38 bits per heavy atom. The van der Waals surface area contributed by atoms with E-state index < -0.39 is 20.5 Å². The van der Waals surface area contributed by atoms with Crippen LogP contribution in [0, 0.1) is 28.1 Å². The first-order chi connectivity index (χ1) is 5.93. The Balaban J connectivity index is 2.89. The van der Waals surface area contributed by atoms with E-state index in [9.17, 15) is 8.42 Å². The molecule has 0 aromatic heterocycles. The minimum absolute atomic E-state index is 0.166. The Labute approximate surface area is 77.7 Å². The van der Waals surface area contributed by atoms with Crippen molar-refractivity contribution in [3.8, 4) is 12.1 Å². The molecule has 0 saturated heterocycles. The average Bonchev–Trinajstić information content (AvgIpc) is 2.48. The number of hydrogen-bond acceptors (Lipinski definition) is 4. The summed E-state index contributed by atoms with van der Waals surface area (Å²) >= 11 is 0. The van der Waals surface area contributed by atoms with Crippen LogP contribution in [0.15, 0.2) is 0 Å². The highest BCUT2D eigenvalue weighted by atomic mass is 32.2. The van der Waals surface area contributed by atoms with Gasteiger partial charge in [0, 0.05) is 6.26 Å². The first-order valence-electron chi connectivity index (χ1n) is 3.95. The maximum Gasteiger partial charge on any atom is 0.150 e. The van der Waals surface area contributed by atoms with Crippen molar-refractivity contribution in [3.05, 3.63) is 0 Å². The monoisotopic (exact) mass is 198 g/mol. The van der Waals surface area contributed by atoms with Crippen LogP contribution in [0.2, 0.25) is 0 Å². The summed E-state index contributed by atoms with van der Waals surface area (Å²) < 4.78 is 22.3. The molecule has 1 aliphatic carbocycles. The third-order valence-corrected chi connectivity index (χ3v) is 4.12. The largest absolute Gasteiger partial charge is 0.229 e. The maximum atomic E-state index is 11.1. The van der Waals surface area contributed by atoms with Crippen LogP contribution >= 0.6 is 0 Å². The summed E-state index contributed by atoms with van der Waals surface area (Å²) in [4.78, 5) is 0. The fourth-order valence-electron chi connectivity index (χ4n) is 1.59. The molecule has 1 aliphatic rings. The van der Waals surface area contributed by atoms with E-state index in [1.807, 2.05) is 12.1 Å². The van der Waals surface area contributed by atoms with E-state index >= 15 is 0 Å². The molecule has 0 aliphatic heterocycles. The van der Waals surface area contributed by atoms with Crippen LogP contribution in [0.25, 0.3) is 0 Å². The maximum absolute atomic E-state index is 11.1. The lowest BCUT2D eigenvalue weighted by atomic mass is 9.90. The van der Waals surface area contributed by atoms with Gasteiger partial charge in [-0.2, -0.15) is 10.5 Å². The highest BCUT2D eigenvalue weighted by Gasteiger charge is 2.43. The van der Waals surface area contributed by atoms with Gasteiger partial charge in [-0.1, -0.05) is 0 Å². The van der Waals surface area contributed by atoms with Gasteiger partial charge in [-0.3, -0.25) is 0 Å². The van der Waals surface area contributed by atoms with Crippen LogP contribution in [0.5, 0.6) is 0 Å². The zero-order valence-electron chi connectivity index (χ0n) is 7.32. The smallest absolute Gasteiger partial charge is 0.150 e. The van der Waals surface area contributed by atoms with Crippen molar-refractivity contribution in [2.24, 2.45) is 5.41 Å². The van der Waals surface area contributed by atoms with E-state index in [2.05, 4.69) is 0 Å². The lowest BCUT2D eigenvalue weighted by Gasteiger charge is -2.09. The first-order valence-corrected chi connectivity index (χ1v) is 5.90. The predicted molar refractivity (Wildman–Crippen MR) is 46.1 cm³/mol. The fourth-order valence-corrected chi connectivity index (χ4v) is 2.73. The molecule has 1 atom stereocenters. The molecule has 13 heavy (non-hydrogen) atoms. The molecule has 0 aromatic rings. The number of rotatable bonds is 1. The van der Waals surface area contributed by atoms with Gasteiger partial charge in [0.25, 0.3) is 0 Å². The van der Waals surface area contributed by atoms with E-state index in [1.54, 1.807) is 0 Å². The topological polar surface area (TPSA) is 81.7 Å². The number of nitriles is 2. The summed E-state index contributed by atoms with van der Waals surface area (Å²) in [5.74, 6) is 0. The Bertz CT molecular complexity index is 371. The summed E-state index contributed by atoms with van der Waals surface area (Å²) in [5.41, 5.74) is -1.06. The molecular formula is C8H10N2O2S. The summed E-state index contributed by atoms with van der Waals surface area (Å²) in [6, 6.07) is 3.81. The normalized spacial score (nSPS) is 26.2. The van der Waals surface area contributed by atoms with Crippen molar-refractivity contribution in [3.63, 3.8) is 0 Å². The molecule has 1 saturated carbocycles. The number of hydrogen-bond donors (Lipinski definition) is 0. The Morgan fingerprint density at radius 2 is 1.92 bits per heavy atom. The van der Waals surface area contributed by atoms with Crippen molar-refractivity contribution in [1.29, 1.82) is 10.5 Å². The minimum Gasteiger partial charge on any atom is -0.229 e.